The maximum absolute atomic E-state index is 12.4. The normalized spacial score (nSPS) is 11.5. The number of aliphatic hydroxyl groups is 1. The number of nitrogens with zero attached hydrogens (tertiary/aromatic N) is 1. The number of aromatic amines is 1. The summed E-state index contributed by atoms with van der Waals surface area (Å²) in [6, 6.07) is 19.1. The molecule has 176 valence electrons. The van der Waals surface area contributed by atoms with E-state index in [0.717, 1.165) is 5.56 Å². The van der Waals surface area contributed by atoms with Gasteiger partial charge in [0, 0.05) is 23.4 Å². The summed E-state index contributed by atoms with van der Waals surface area (Å²) >= 11 is 0. The van der Waals surface area contributed by atoms with E-state index in [0.29, 0.717) is 33.8 Å². The van der Waals surface area contributed by atoms with Gasteiger partial charge in [0.15, 0.2) is 11.5 Å². The van der Waals surface area contributed by atoms with E-state index in [2.05, 4.69) is 15.3 Å². The van der Waals surface area contributed by atoms with Crippen LogP contribution in [-0.2, 0) is 4.79 Å². The molecule has 1 heterocycles. The Kier molecular flexibility index (Phi) is 6.92. The van der Waals surface area contributed by atoms with Crippen molar-refractivity contribution < 1.29 is 19.4 Å². The van der Waals surface area contributed by atoms with Crippen molar-refractivity contribution in [1.82, 2.24) is 9.97 Å². The second-order valence-electron chi connectivity index (χ2n) is 7.52. The Balaban J connectivity index is 1.50. The van der Waals surface area contributed by atoms with Gasteiger partial charge in [0.2, 0.25) is 5.91 Å². The molecule has 35 heavy (non-hydrogen) atoms. The van der Waals surface area contributed by atoms with Crippen LogP contribution in [-0.4, -0.2) is 35.2 Å². The molecule has 0 saturated carbocycles. The molecule has 1 aromatic heterocycles. The second-order valence-corrected chi connectivity index (χ2v) is 7.52. The van der Waals surface area contributed by atoms with Crippen molar-refractivity contribution in [3.8, 4) is 11.5 Å². The van der Waals surface area contributed by atoms with Crippen LogP contribution < -0.4 is 20.3 Å². The molecule has 8 nitrogen and oxygen atoms in total. The number of para-hydroxylation sites is 2. The van der Waals surface area contributed by atoms with E-state index in [4.69, 9.17) is 9.47 Å². The van der Waals surface area contributed by atoms with Crippen LogP contribution in [0.5, 0.6) is 11.5 Å². The Morgan fingerprint density at radius 3 is 2.60 bits per heavy atom. The zero-order valence-corrected chi connectivity index (χ0v) is 19.1. The third-order valence-electron chi connectivity index (χ3n) is 5.16. The molecule has 0 saturated heterocycles. The van der Waals surface area contributed by atoms with Crippen molar-refractivity contribution in [2.45, 2.75) is 0 Å². The Morgan fingerprint density at radius 1 is 1.00 bits per heavy atom. The molecular weight excluding hydrogens is 446 g/mol. The molecule has 0 unspecified atom stereocenters. The van der Waals surface area contributed by atoms with Gasteiger partial charge < -0.3 is 24.9 Å². The lowest BCUT2D eigenvalue weighted by Crippen LogP contribution is -2.12. The standard InChI is InChI=1S/C27H23N3O5/c1-34-24-12-10-17(14-25(24)35-2)11-13-26(32)28-19-7-5-6-18(15-19)23(31)16-22-27(33)30-21-9-4-3-8-20(21)29-22/h3-16,31H,1-2H3,(H,28,32)(H,30,33)/b13-11+,23-16-. The summed E-state index contributed by atoms with van der Waals surface area (Å²) in [6.07, 6.45) is 4.33. The first kappa shape index (κ1) is 23.3. The fourth-order valence-electron chi connectivity index (χ4n) is 3.42. The lowest BCUT2D eigenvalue weighted by molar-refractivity contribution is -0.111. The van der Waals surface area contributed by atoms with Gasteiger partial charge in [0.05, 0.1) is 25.3 Å². The average Bonchev–Trinajstić information content (AvgIpc) is 2.87. The molecular formula is C27H23N3O5. The average molecular weight is 469 g/mol. The quantitative estimate of drug-likeness (QED) is 0.268. The Bertz CT molecular complexity index is 1500. The number of benzene rings is 3. The van der Waals surface area contributed by atoms with Crippen LogP contribution in [0.1, 0.15) is 16.8 Å². The predicted octanol–water partition coefficient (Wildman–Crippen LogP) is 4.65. The number of hydrogen-bond acceptors (Lipinski definition) is 6. The van der Waals surface area contributed by atoms with Crippen LogP contribution in [0.4, 0.5) is 5.69 Å². The van der Waals surface area contributed by atoms with Crippen LogP contribution >= 0.6 is 0 Å². The van der Waals surface area contributed by atoms with Crippen LogP contribution in [0, 0.1) is 0 Å². The first-order valence-corrected chi connectivity index (χ1v) is 10.7. The van der Waals surface area contributed by atoms with Gasteiger partial charge in [0.25, 0.3) is 5.56 Å². The highest BCUT2D eigenvalue weighted by atomic mass is 16.5. The predicted molar refractivity (Wildman–Crippen MR) is 137 cm³/mol. The second kappa shape index (κ2) is 10.4. The zero-order chi connectivity index (χ0) is 24.8. The molecule has 0 aliphatic carbocycles. The smallest absolute Gasteiger partial charge is 0.274 e. The third kappa shape index (κ3) is 5.56. The molecule has 4 aromatic rings. The van der Waals surface area contributed by atoms with Gasteiger partial charge in [-0.3, -0.25) is 9.59 Å². The monoisotopic (exact) mass is 469 g/mol. The van der Waals surface area contributed by atoms with E-state index in [-0.39, 0.29) is 17.4 Å². The summed E-state index contributed by atoms with van der Waals surface area (Å²) in [6.45, 7) is 0. The van der Waals surface area contributed by atoms with Gasteiger partial charge in [-0.15, -0.1) is 0 Å². The van der Waals surface area contributed by atoms with Gasteiger partial charge in [-0.2, -0.15) is 0 Å². The highest BCUT2D eigenvalue weighted by Crippen LogP contribution is 2.28. The summed E-state index contributed by atoms with van der Waals surface area (Å²) in [5.74, 6) is 0.646. The number of aromatic nitrogens is 2. The van der Waals surface area contributed by atoms with E-state index in [9.17, 15) is 14.7 Å². The molecule has 3 aromatic carbocycles. The Morgan fingerprint density at radius 2 is 1.80 bits per heavy atom. The van der Waals surface area contributed by atoms with Gasteiger partial charge in [-0.05, 0) is 48.0 Å². The van der Waals surface area contributed by atoms with Crippen molar-refractivity contribution in [2.75, 3.05) is 19.5 Å². The number of methoxy groups -OCH3 is 2. The molecule has 1 amide bonds. The van der Waals surface area contributed by atoms with Crippen LogP contribution in [0.15, 0.2) is 77.6 Å². The molecule has 8 heteroatoms. The SMILES string of the molecule is COc1ccc(/C=C/C(=O)Nc2cccc(/C(O)=C/c3nc4ccccc4[nH]c3=O)c2)cc1OC. The summed E-state index contributed by atoms with van der Waals surface area (Å²) in [7, 11) is 3.10. The number of amides is 1. The van der Waals surface area contributed by atoms with Crippen LogP contribution in [0.25, 0.3) is 28.9 Å². The van der Waals surface area contributed by atoms with Crippen molar-refractivity contribution in [2.24, 2.45) is 0 Å². The molecule has 0 spiro atoms. The molecule has 0 bridgehead atoms. The largest absolute Gasteiger partial charge is 0.507 e. The van der Waals surface area contributed by atoms with E-state index in [1.807, 2.05) is 6.07 Å². The first-order chi connectivity index (χ1) is 17.0. The lowest BCUT2D eigenvalue weighted by atomic mass is 10.1. The molecule has 0 aliphatic rings. The third-order valence-corrected chi connectivity index (χ3v) is 5.16. The number of hydrogen-bond donors (Lipinski definition) is 3. The Labute approximate surface area is 201 Å². The van der Waals surface area contributed by atoms with Gasteiger partial charge in [0.1, 0.15) is 11.5 Å². The van der Waals surface area contributed by atoms with Crippen molar-refractivity contribution >= 4 is 40.5 Å². The topological polar surface area (TPSA) is 114 Å². The highest BCUT2D eigenvalue weighted by molar-refractivity contribution is 6.02. The number of rotatable bonds is 7. The fraction of sp³-hybridized carbons (Fsp3) is 0.0741. The number of nitrogens with one attached hydrogen (secondary N) is 2. The number of H-pyrrole nitrogens is 1. The number of anilines is 1. The minimum absolute atomic E-state index is 0.0773. The molecule has 0 atom stereocenters. The van der Waals surface area contributed by atoms with Crippen molar-refractivity contribution in [3.63, 3.8) is 0 Å². The van der Waals surface area contributed by atoms with E-state index < -0.39 is 5.56 Å². The van der Waals surface area contributed by atoms with Crippen LogP contribution in [0.3, 0.4) is 0 Å². The maximum Gasteiger partial charge on any atom is 0.274 e. The van der Waals surface area contributed by atoms with E-state index >= 15 is 0 Å². The summed E-state index contributed by atoms with van der Waals surface area (Å²) < 4.78 is 10.5. The number of carbonyl (C=O) groups is 1. The maximum atomic E-state index is 12.4. The fourth-order valence-corrected chi connectivity index (χ4v) is 3.42. The number of carbonyl (C=O) groups excluding carboxylic acids is 1. The molecule has 4 rings (SSSR count). The van der Waals surface area contributed by atoms with E-state index in [1.54, 1.807) is 81.0 Å². The molecule has 0 aliphatic heterocycles. The molecule has 0 radical (unpaired) electrons. The summed E-state index contributed by atoms with van der Waals surface area (Å²) in [5.41, 5.74) is 2.54. The first-order valence-electron chi connectivity index (χ1n) is 10.7. The number of fused-ring (bicyclic) bond motifs is 1. The zero-order valence-electron chi connectivity index (χ0n) is 19.1. The van der Waals surface area contributed by atoms with Gasteiger partial charge in [-0.25, -0.2) is 4.98 Å². The minimum Gasteiger partial charge on any atom is -0.507 e. The highest BCUT2D eigenvalue weighted by Gasteiger charge is 2.08. The lowest BCUT2D eigenvalue weighted by Gasteiger charge is -2.08. The van der Waals surface area contributed by atoms with Crippen molar-refractivity contribution in [3.05, 3.63) is 100.0 Å². The van der Waals surface area contributed by atoms with Crippen molar-refractivity contribution in [1.29, 1.82) is 0 Å². The molecule has 0 fully saturated rings. The van der Waals surface area contributed by atoms with E-state index in [1.165, 1.54) is 12.2 Å². The number of ether oxygens (including phenoxy) is 2. The Hall–Kier alpha value is -4.85. The summed E-state index contributed by atoms with van der Waals surface area (Å²) in [5, 5.41) is 13.3. The van der Waals surface area contributed by atoms with Crippen LogP contribution in [0.2, 0.25) is 0 Å². The number of aliphatic hydroxyl groups excluding tert-OH is 1. The molecule has 3 N–H and O–H groups in total. The van der Waals surface area contributed by atoms with Gasteiger partial charge >= 0.3 is 0 Å². The van der Waals surface area contributed by atoms with Gasteiger partial charge in [-0.1, -0.05) is 30.3 Å². The summed E-state index contributed by atoms with van der Waals surface area (Å²) in [4.78, 5) is 31.8. The minimum atomic E-state index is -0.417.